The molecule has 3 aliphatic heterocycles. The van der Waals surface area contributed by atoms with Gasteiger partial charge in [0.2, 0.25) is 17.7 Å². The van der Waals surface area contributed by atoms with Crippen LogP contribution in [0.3, 0.4) is 0 Å². The van der Waals surface area contributed by atoms with Crippen molar-refractivity contribution in [3.63, 3.8) is 0 Å². The summed E-state index contributed by atoms with van der Waals surface area (Å²) in [4.78, 5) is 43.5. The molecule has 41 heavy (non-hydrogen) atoms. The Morgan fingerprint density at radius 3 is 2.44 bits per heavy atom. The third kappa shape index (κ3) is 4.86. The molecule has 2 aromatic rings. The monoisotopic (exact) mass is 559 g/mol. The lowest BCUT2D eigenvalue weighted by molar-refractivity contribution is -0.142. The third-order valence-corrected chi connectivity index (χ3v) is 9.48. The lowest BCUT2D eigenvalue weighted by Crippen LogP contribution is -2.57. The minimum Gasteiger partial charge on any atom is -0.359 e. The van der Waals surface area contributed by atoms with Gasteiger partial charge >= 0.3 is 0 Å². The Balaban J connectivity index is 1.30. The summed E-state index contributed by atoms with van der Waals surface area (Å²) in [6.45, 7) is 6.48. The second kappa shape index (κ2) is 10.7. The van der Waals surface area contributed by atoms with Gasteiger partial charge in [0, 0.05) is 18.3 Å². The van der Waals surface area contributed by atoms with Crippen LogP contribution >= 0.6 is 0 Å². The normalized spacial score (nSPS) is 31.9. The van der Waals surface area contributed by atoms with E-state index < -0.39 is 29.6 Å². The summed E-state index contributed by atoms with van der Waals surface area (Å²) in [6.07, 6.45) is 7.16. The van der Waals surface area contributed by atoms with E-state index >= 15 is 0 Å². The zero-order chi connectivity index (χ0) is 28.9. The number of amides is 3. The fourth-order valence-corrected chi connectivity index (χ4v) is 7.19. The number of benzene rings is 2. The summed E-state index contributed by atoms with van der Waals surface area (Å²) in [5, 5.41) is 6.22. The first-order valence-corrected chi connectivity index (χ1v) is 14.8. The molecule has 2 saturated heterocycles. The molecule has 2 bridgehead atoms. The van der Waals surface area contributed by atoms with Crippen LogP contribution in [-0.4, -0.2) is 46.4 Å². The number of fused-ring (bicyclic) bond motifs is 1. The van der Waals surface area contributed by atoms with Gasteiger partial charge in [0.25, 0.3) is 0 Å². The average molecular weight is 560 g/mol. The van der Waals surface area contributed by atoms with Crippen molar-refractivity contribution in [2.24, 2.45) is 17.8 Å². The van der Waals surface area contributed by atoms with E-state index in [0.29, 0.717) is 23.1 Å². The molecule has 7 nitrogen and oxygen atoms in total. The van der Waals surface area contributed by atoms with Gasteiger partial charge in [0.1, 0.15) is 17.5 Å². The largest absolute Gasteiger partial charge is 0.359 e. The molecule has 2 N–H and O–H groups in total. The topological polar surface area (TPSA) is 87.7 Å². The van der Waals surface area contributed by atoms with Crippen molar-refractivity contribution in [1.29, 1.82) is 0 Å². The second-order valence-corrected chi connectivity index (χ2v) is 12.4. The SMILES string of the molecule is CC(C)c1ccc(NC(=O)[C@@H]2[C@@H]3C=C[C@]4(O3)[C@@H]2C(=O)N(Cc2ccc(F)cc2)[C@H]4C(=O)N[C@H]2CCCC[C@H]2C)cc1. The van der Waals surface area contributed by atoms with Gasteiger partial charge in [-0.25, -0.2) is 4.39 Å². The molecule has 216 valence electrons. The van der Waals surface area contributed by atoms with E-state index in [1.54, 1.807) is 12.1 Å². The second-order valence-electron chi connectivity index (χ2n) is 12.4. The molecule has 2 aromatic carbocycles. The Kier molecular flexibility index (Phi) is 7.22. The first kappa shape index (κ1) is 27.6. The van der Waals surface area contributed by atoms with E-state index in [2.05, 4.69) is 31.4 Å². The first-order chi connectivity index (χ1) is 19.7. The first-order valence-electron chi connectivity index (χ1n) is 14.8. The minimum absolute atomic E-state index is 0.0185. The van der Waals surface area contributed by atoms with Gasteiger partial charge in [0.15, 0.2) is 0 Å². The van der Waals surface area contributed by atoms with Crippen LogP contribution in [0, 0.1) is 23.6 Å². The van der Waals surface area contributed by atoms with E-state index in [4.69, 9.17) is 4.74 Å². The summed E-state index contributed by atoms with van der Waals surface area (Å²) < 4.78 is 20.1. The van der Waals surface area contributed by atoms with Crippen LogP contribution in [0.5, 0.6) is 0 Å². The molecule has 3 heterocycles. The fraction of sp³-hybridized carbons (Fsp3) is 0.485. The fourth-order valence-electron chi connectivity index (χ4n) is 7.19. The van der Waals surface area contributed by atoms with Crippen LogP contribution in [0.1, 0.15) is 63.5 Å². The highest BCUT2D eigenvalue weighted by Gasteiger charge is 2.72. The van der Waals surface area contributed by atoms with E-state index in [1.807, 2.05) is 36.4 Å². The Hall–Kier alpha value is -3.52. The molecule has 7 atom stereocenters. The zero-order valence-corrected chi connectivity index (χ0v) is 23.8. The number of hydrogen-bond donors (Lipinski definition) is 2. The van der Waals surface area contributed by atoms with Crippen LogP contribution in [0.4, 0.5) is 10.1 Å². The smallest absolute Gasteiger partial charge is 0.246 e. The summed E-state index contributed by atoms with van der Waals surface area (Å²) in [5.74, 6) is -2.16. The standard InChI is InChI=1S/C33H38FN3O4/c1-19(2)22-10-14-24(15-11-22)35-30(38)27-26-16-17-33(41-26)28(27)32(40)37(18-21-8-12-23(34)13-9-21)29(33)31(39)36-25-7-5-4-6-20(25)3/h8-17,19-20,25-29H,4-7,18H2,1-3H3,(H,35,38)(H,36,39)/t20-,25+,26+,27-,28+,29+,33+/m1/s1. The van der Waals surface area contributed by atoms with Crippen LogP contribution in [0.2, 0.25) is 0 Å². The van der Waals surface area contributed by atoms with E-state index in [1.165, 1.54) is 17.0 Å². The molecular formula is C33H38FN3O4. The number of hydrogen-bond acceptors (Lipinski definition) is 4. The highest BCUT2D eigenvalue weighted by molar-refractivity contribution is 6.02. The number of ether oxygens (including phenoxy) is 1. The Labute approximate surface area is 240 Å². The number of rotatable bonds is 7. The van der Waals surface area contributed by atoms with Gasteiger partial charge in [0.05, 0.1) is 17.9 Å². The molecule has 1 spiro atoms. The van der Waals surface area contributed by atoms with Crippen LogP contribution < -0.4 is 10.6 Å². The minimum atomic E-state index is -1.24. The molecule has 0 radical (unpaired) electrons. The van der Waals surface area contributed by atoms with Gasteiger partial charge < -0.3 is 20.3 Å². The molecule has 4 aliphatic rings. The van der Waals surface area contributed by atoms with Gasteiger partial charge in [-0.05, 0) is 60.1 Å². The quantitative estimate of drug-likeness (QED) is 0.471. The number of carbonyl (C=O) groups is 3. The van der Waals surface area contributed by atoms with Gasteiger partial charge in [-0.2, -0.15) is 0 Å². The molecule has 0 aromatic heterocycles. The Morgan fingerprint density at radius 1 is 1.05 bits per heavy atom. The van der Waals surface area contributed by atoms with E-state index in [9.17, 15) is 18.8 Å². The lowest BCUT2D eigenvalue weighted by Gasteiger charge is -2.36. The maximum Gasteiger partial charge on any atom is 0.246 e. The molecule has 6 rings (SSSR count). The molecule has 3 fully saturated rings. The third-order valence-electron chi connectivity index (χ3n) is 9.48. The predicted octanol–water partition coefficient (Wildman–Crippen LogP) is 4.93. The van der Waals surface area contributed by atoms with Crippen molar-refractivity contribution in [3.05, 3.63) is 77.6 Å². The molecule has 1 aliphatic carbocycles. The van der Waals surface area contributed by atoms with E-state index in [-0.39, 0.29) is 36.1 Å². The number of likely N-dealkylation sites (tertiary alicyclic amines) is 1. The average Bonchev–Trinajstić information content (AvgIpc) is 3.59. The zero-order valence-electron chi connectivity index (χ0n) is 23.8. The summed E-state index contributed by atoms with van der Waals surface area (Å²) in [6, 6.07) is 12.7. The van der Waals surface area contributed by atoms with Crippen molar-refractivity contribution >= 4 is 23.4 Å². The van der Waals surface area contributed by atoms with Crippen LogP contribution in [0.15, 0.2) is 60.7 Å². The summed E-state index contributed by atoms with van der Waals surface area (Å²) >= 11 is 0. The van der Waals surface area contributed by atoms with Crippen LogP contribution in [-0.2, 0) is 25.7 Å². The van der Waals surface area contributed by atoms with Gasteiger partial charge in [-0.15, -0.1) is 0 Å². The van der Waals surface area contributed by atoms with E-state index in [0.717, 1.165) is 31.2 Å². The Morgan fingerprint density at radius 2 is 1.76 bits per heavy atom. The number of halogens is 1. The van der Waals surface area contributed by atoms with Crippen molar-refractivity contribution in [1.82, 2.24) is 10.2 Å². The molecular weight excluding hydrogens is 521 g/mol. The maximum atomic E-state index is 14.2. The molecule has 8 heteroatoms. The maximum absolute atomic E-state index is 14.2. The Bertz CT molecular complexity index is 1360. The summed E-state index contributed by atoms with van der Waals surface area (Å²) in [5.41, 5.74) is 1.27. The van der Waals surface area contributed by atoms with Crippen molar-refractivity contribution in [2.45, 2.75) is 82.7 Å². The lowest BCUT2D eigenvalue weighted by atomic mass is 9.74. The highest BCUT2D eigenvalue weighted by Crippen LogP contribution is 2.55. The number of anilines is 1. The van der Waals surface area contributed by atoms with Crippen LogP contribution in [0.25, 0.3) is 0 Å². The number of carbonyl (C=O) groups excluding carboxylic acids is 3. The van der Waals surface area contributed by atoms with Gasteiger partial charge in [-0.1, -0.05) is 70.0 Å². The number of nitrogens with one attached hydrogen (secondary N) is 2. The predicted molar refractivity (Wildman–Crippen MR) is 153 cm³/mol. The molecule has 3 amide bonds. The van der Waals surface area contributed by atoms with Gasteiger partial charge in [-0.3, -0.25) is 14.4 Å². The molecule has 0 unspecified atom stereocenters. The summed E-state index contributed by atoms with van der Waals surface area (Å²) in [7, 11) is 0. The van der Waals surface area contributed by atoms with Crippen molar-refractivity contribution < 1.29 is 23.5 Å². The number of nitrogens with zero attached hydrogens (tertiary/aromatic N) is 1. The highest BCUT2D eigenvalue weighted by atomic mass is 19.1. The van der Waals surface area contributed by atoms with Crippen molar-refractivity contribution in [2.75, 3.05) is 5.32 Å². The molecule has 1 saturated carbocycles. The van der Waals surface area contributed by atoms with Crippen molar-refractivity contribution in [3.8, 4) is 0 Å².